The first kappa shape index (κ1) is 16.8. The molecule has 0 aliphatic heterocycles. The lowest BCUT2D eigenvalue weighted by Gasteiger charge is -2.08. The number of hydrogen-bond donors (Lipinski definition) is 1. The minimum absolute atomic E-state index is 0.107. The van der Waals surface area contributed by atoms with Crippen molar-refractivity contribution in [3.8, 4) is 11.3 Å². The first-order chi connectivity index (χ1) is 11.5. The summed E-state index contributed by atoms with van der Waals surface area (Å²) in [5, 5.41) is 8.38. The molecule has 8 heteroatoms. The average Bonchev–Trinajstić information content (AvgIpc) is 2.97. The molecule has 0 amide bonds. The predicted octanol–water partition coefficient (Wildman–Crippen LogP) is 2.57. The Morgan fingerprint density at radius 2 is 2.08 bits per heavy atom. The lowest BCUT2D eigenvalue weighted by Crippen LogP contribution is -2.14. The Kier molecular flexibility index (Phi) is 4.77. The van der Waals surface area contributed by atoms with Crippen molar-refractivity contribution in [2.45, 2.75) is 5.16 Å². The van der Waals surface area contributed by atoms with E-state index in [-0.39, 0.29) is 5.75 Å². The maximum absolute atomic E-state index is 11.2. The molecule has 0 atom stereocenters. The van der Waals surface area contributed by atoms with Crippen LogP contribution in [0.15, 0.2) is 47.8 Å². The highest BCUT2D eigenvalue weighted by molar-refractivity contribution is 7.98. The van der Waals surface area contributed by atoms with E-state index in [0.717, 1.165) is 22.5 Å². The van der Waals surface area contributed by atoms with E-state index in [0.29, 0.717) is 11.7 Å². The normalized spacial score (nSPS) is 11.8. The molecule has 0 saturated heterocycles. The van der Waals surface area contributed by atoms with Gasteiger partial charge in [-0.15, -0.1) is 5.10 Å². The molecular formula is C16H18N4O2S2. The van der Waals surface area contributed by atoms with E-state index in [1.165, 1.54) is 18.0 Å². The lowest BCUT2D eigenvalue weighted by molar-refractivity contribution is 0.602. The van der Waals surface area contributed by atoms with Crippen molar-refractivity contribution < 1.29 is 8.42 Å². The van der Waals surface area contributed by atoms with E-state index in [1.807, 2.05) is 47.2 Å². The lowest BCUT2D eigenvalue weighted by atomic mass is 10.1. The number of nitrogens with zero attached hydrogens (tertiary/aromatic N) is 3. The Balaban J connectivity index is 1.88. The van der Waals surface area contributed by atoms with E-state index in [2.05, 4.69) is 15.4 Å². The molecule has 24 heavy (non-hydrogen) atoms. The molecular weight excluding hydrogens is 344 g/mol. The van der Waals surface area contributed by atoms with Crippen LogP contribution >= 0.6 is 11.8 Å². The molecule has 1 aromatic carbocycles. The van der Waals surface area contributed by atoms with Crippen LogP contribution < -0.4 is 5.32 Å². The topological polar surface area (TPSA) is 76.4 Å². The van der Waals surface area contributed by atoms with Gasteiger partial charge in [0.1, 0.15) is 9.84 Å². The van der Waals surface area contributed by atoms with Crippen LogP contribution in [-0.2, 0) is 9.84 Å². The summed E-state index contributed by atoms with van der Waals surface area (Å²) in [5.74, 6) is 0.107. The monoisotopic (exact) mass is 362 g/mol. The van der Waals surface area contributed by atoms with Crippen molar-refractivity contribution in [2.75, 3.05) is 30.1 Å². The summed E-state index contributed by atoms with van der Waals surface area (Å²) >= 11 is 1.50. The van der Waals surface area contributed by atoms with Crippen LogP contribution in [0, 0.1) is 0 Å². The summed E-state index contributed by atoms with van der Waals surface area (Å²) in [5.41, 5.74) is 3.78. The van der Waals surface area contributed by atoms with Crippen LogP contribution in [0.3, 0.4) is 0 Å². The summed E-state index contributed by atoms with van der Waals surface area (Å²) < 4.78 is 24.3. The van der Waals surface area contributed by atoms with Gasteiger partial charge in [0, 0.05) is 24.1 Å². The van der Waals surface area contributed by atoms with Gasteiger partial charge in [-0.2, -0.15) is 0 Å². The highest BCUT2D eigenvalue weighted by Gasteiger charge is 2.08. The number of sulfone groups is 1. The van der Waals surface area contributed by atoms with Crippen LogP contribution in [0.25, 0.3) is 16.8 Å². The first-order valence-electron chi connectivity index (χ1n) is 7.37. The number of nitrogens with one attached hydrogen (secondary N) is 1. The Morgan fingerprint density at radius 1 is 1.25 bits per heavy atom. The van der Waals surface area contributed by atoms with Crippen LogP contribution in [0.1, 0.15) is 0 Å². The first-order valence-corrected chi connectivity index (χ1v) is 10.7. The molecule has 6 nitrogen and oxygen atoms in total. The SMILES string of the molecule is CSc1ncc2ccc(-c3cccc(NCCS(C)(=O)=O)c3)n2n1. The van der Waals surface area contributed by atoms with Gasteiger partial charge in [-0.25, -0.2) is 17.9 Å². The highest BCUT2D eigenvalue weighted by atomic mass is 32.2. The third-order valence-electron chi connectivity index (χ3n) is 3.52. The van der Waals surface area contributed by atoms with Crippen molar-refractivity contribution in [3.63, 3.8) is 0 Å². The smallest absolute Gasteiger partial charge is 0.207 e. The molecule has 0 fully saturated rings. The number of aromatic nitrogens is 3. The zero-order chi connectivity index (χ0) is 17.2. The molecule has 0 aliphatic rings. The molecule has 0 aliphatic carbocycles. The quantitative estimate of drug-likeness (QED) is 0.679. The van der Waals surface area contributed by atoms with Gasteiger partial charge in [0.05, 0.1) is 23.2 Å². The van der Waals surface area contributed by atoms with Crippen LogP contribution in [0.2, 0.25) is 0 Å². The molecule has 0 radical (unpaired) electrons. The van der Waals surface area contributed by atoms with Crippen molar-refractivity contribution in [3.05, 3.63) is 42.6 Å². The van der Waals surface area contributed by atoms with Crippen molar-refractivity contribution in [2.24, 2.45) is 0 Å². The van der Waals surface area contributed by atoms with E-state index in [9.17, 15) is 8.42 Å². The van der Waals surface area contributed by atoms with Gasteiger partial charge in [-0.1, -0.05) is 23.9 Å². The Morgan fingerprint density at radius 3 is 2.83 bits per heavy atom. The molecule has 0 spiro atoms. The minimum Gasteiger partial charge on any atom is -0.384 e. The number of fused-ring (bicyclic) bond motifs is 1. The summed E-state index contributed by atoms with van der Waals surface area (Å²) in [7, 11) is -2.97. The van der Waals surface area contributed by atoms with Crippen molar-refractivity contribution >= 4 is 32.8 Å². The largest absolute Gasteiger partial charge is 0.384 e. The zero-order valence-corrected chi connectivity index (χ0v) is 15.1. The number of benzene rings is 1. The standard InChI is InChI=1S/C16H18N4O2S2/c1-23-16-18-11-14-6-7-15(20(14)19-16)12-4-3-5-13(10-12)17-8-9-24(2,21)22/h3-7,10-11,17H,8-9H2,1-2H3. The average molecular weight is 362 g/mol. The second-order valence-corrected chi connectivity index (χ2v) is 8.47. The van der Waals surface area contributed by atoms with Gasteiger partial charge in [0.15, 0.2) is 0 Å². The fraction of sp³-hybridized carbons (Fsp3) is 0.250. The molecule has 3 rings (SSSR count). The molecule has 0 saturated carbocycles. The summed E-state index contributed by atoms with van der Waals surface area (Å²) in [4.78, 5) is 4.28. The second kappa shape index (κ2) is 6.82. The molecule has 0 bridgehead atoms. The fourth-order valence-corrected chi connectivity index (χ4v) is 3.16. The zero-order valence-electron chi connectivity index (χ0n) is 13.4. The van der Waals surface area contributed by atoms with Crippen molar-refractivity contribution in [1.82, 2.24) is 14.6 Å². The molecule has 126 valence electrons. The fourth-order valence-electron chi connectivity index (χ4n) is 2.37. The summed E-state index contributed by atoms with van der Waals surface area (Å²) in [6.07, 6.45) is 4.98. The third kappa shape index (κ3) is 3.88. The highest BCUT2D eigenvalue weighted by Crippen LogP contribution is 2.25. The minimum atomic E-state index is -2.97. The van der Waals surface area contributed by atoms with Crippen molar-refractivity contribution in [1.29, 1.82) is 0 Å². The molecule has 1 N–H and O–H groups in total. The van der Waals surface area contributed by atoms with Crippen LogP contribution in [0.5, 0.6) is 0 Å². The maximum atomic E-state index is 11.2. The van der Waals surface area contributed by atoms with E-state index < -0.39 is 9.84 Å². The third-order valence-corrected chi connectivity index (χ3v) is 5.02. The van der Waals surface area contributed by atoms with Gasteiger partial charge in [-0.3, -0.25) is 0 Å². The maximum Gasteiger partial charge on any atom is 0.207 e. The van der Waals surface area contributed by atoms with E-state index >= 15 is 0 Å². The number of hydrogen-bond acceptors (Lipinski definition) is 6. The Bertz CT molecular complexity index is 967. The van der Waals surface area contributed by atoms with E-state index in [1.54, 1.807) is 6.20 Å². The van der Waals surface area contributed by atoms with Crippen LogP contribution in [-0.4, -0.2) is 47.8 Å². The van der Waals surface area contributed by atoms with Gasteiger partial charge >= 0.3 is 0 Å². The number of anilines is 1. The second-order valence-electron chi connectivity index (χ2n) is 5.44. The predicted molar refractivity (Wildman–Crippen MR) is 98.4 cm³/mol. The van der Waals surface area contributed by atoms with Crippen LogP contribution in [0.4, 0.5) is 5.69 Å². The van der Waals surface area contributed by atoms with Gasteiger partial charge in [-0.05, 0) is 30.5 Å². The molecule has 0 unspecified atom stereocenters. The Labute approximate surface area is 145 Å². The number of rotatable bonds is 6. The summed E-state index contributed by atoms with van der Waals surface area (Å²) in [6, 6.07) is 11.8. The van der Waals surface area contributed by atoms with Gasteiger partial charge in [0.2, 0.25) is 5.16 Å². The van der Waals surface area contributed by atoms with E-state index in [4.69, 9.17) is 0 Å². The molecule has 3 aromatic rings. The number of thioether (sulfide) groups is 1. The van der Waals surface area contributed by atoms with Gasteiger partial charge < -0.3 is 5.32 Å². The molecule has 2 aromatic heterocycles. The summed E-state index contributed by atoms with van der Waals surface area (Å²) in [6.45, 7) is 0.385. The van der Waals surface area contributed by atoms with Gasteiger partial charge in [0.25, 0.3) is 0 Å². The Hall–Kier alpha value is -2.06. The molecule has 2 heterocycles.